The molecular weight excluding hydrogens is 218 g/mol. The highest BCUT2D eigenvalue weighted by Gasteiger charge is 1.97. The van der Waals surface area contributed by atoms with E-state index in [4.69, 9.17) is 10.00 Å². The molecule has 0 aliphatic rings. The molecule has 0 bridgehead atoms. The van der Waals surface area contributed by atoms with Crippen molar-refractivity contribution >= 4 is 15.9 Å². The van der Waals surface area contributed by atoms with Gasteiger partial charge in [-0.1, -0.05) is 12.1 Å². The summed E-state index contributed by atoms with van der Waals surface area (Å²) in [7, 11) is 0. The highest BCUT2D eigenvalue weighted by molar-refractivity contribution is 9.10. The van der Waals surface area contributed by atoms with Gasteiger partial charge in [-0.3, -0.25) is 0 Å². The molecular formula is C9H8BrNO. The Kier molecular flexibility index (Phi) is 3.62. The van der Waals surface area contributed by atoms with Gasteiger partial charge in [-0.2, -0.15) is 5.26 Å². The molecule has 0 radical (unpaired) electrons. The second-order valence-corrected chi connectivity index (χ2v) is 3.04. The predicted octanol–water partition coefficient (Wildman–Crippen LogP) is 2.74. The van der Waals surface area contributed by atoms with Crippen LogP contribution in [0.4, 0.5) is 0 Å². The third kappa shape index (κ3) is 2.55. The molecule has 2 nitrogen and oxygen atoms in total. The molecule has 0 aromatic heterocycles. The largest absolute Gasteiger partial charge is 0.491 e. The number of rotatable bonds is 3. The molecule has 0 amide bonds. The zero-order valence-electron chi connectivity index (χ0n) is 6.46. The maximum absolute atomic E-state index is 8.27. The molecule has 0 N–H and O–H groups in total. The van der Waals surface area contributed by atoms with Crippen molar-refractivity contribution in [3.63, 3.8) is 0 Å². The topological polar surface area (TPSA) is 33.0 Å². The predicted molar refractivity (Wildman–Crippen MR) is 49.9 cm³/mol. The van der Waals surface area contributed by atoms with Gasteiger partial charge in [0, 0.05) is 0 Å². The van der Waals surface area contributed by atoms with Crippen LogP contribution < -0.4 is 4.74 Å². The van der Waals surface area contributed by atoms with Gasteiger partial charge in [0.05, 0.1) is 17.0 Å². The lowest BCUT2D eigenvalue weighted by atomic mass is 10.3. The molecule has 1 aromatic carbocycles. The van der Waals surface area contributed by atoms with E-state index in [1.165, 1.54) is 0 Å². The Hall–Kier alpha value is -1.01. The van der Waals surface area contributed by atoms with Crippen LogP contribution >= 0.6 is 15.9 Å². The van der Waals surface area contributed by atoms with Crippen LogP contribution in [-0.4, -0.2) is 6.61 Å². The monoisotopic (exact) mass is 225 g/mol. The van der Waals surface area contributed by atoms with Crippen LogP contribution in [0, 0.1) is 11.3 Å². The van der Waals surface area contributed by atoms with E-state index in [1.54, 1.807) is 0 Å². The average Bonchev–Trinajstić information content (AvgIpc) is 2.09. The first-order valence-corrected chi connectivity index (χ1v) is 4.38. The summed E-state index contributed by atoms with van der Waals surface area (Å²) in [6.07, 6.45) is 0.418. The maximum Gasteiger partial charge on any atom is 0.133 e. The van der Waals surface area contributed by atoms with Crippen molar-refractivity contribution in [2.24, 2.45) is 0 Å². The third-order valence-electron chi connectivity index (χ3n) is 1.31. The highest BCUT2D eigenvalue weighted by atomic mass is 79.9. The van der Waals surface area contributed by atoms with Crippen molar-refractivity contribution in [2.45, 2.75) is 6.42 Å². The van der Waals surface area contributed by atoms with Crippen molar-refractivity contribution in [3.05, 3.63) is 28.7 Å². The van der Waals surface area contributed by atoms with E-state index in [9.17, 15) is 0 Å². The van der Waals surface area contributed by atoms with Crippen LogP contribution in [-0.2, 0) is 0 Å². The number of nitriles is 1. The smallest absolute Gasteiger partial charge is 0.133 e. The lowest BCUT2D eigenvalue weighted by Crippen LogP contribution is -1.95. The van der Waals surface area contributed by atoms with Gasteiger partial charge in [0.25, 0.3) is 0 Å². The van der Waals surface area contributed by atoms with Crippen LogP contribution in [0.25, 0.3) is 0 Å². The summed E-state index contributed by atoms with van der Waals surface area (Å²) in [5.41, 5.74) is 0. The standard InChI is InChI=1S/C9H8BrNO/c10-8-4-1-2-5-9(8)12-7-3-6-11/h1-2,4-5H,3,7H2. The fraction of sp³-hybridized carbons (Fsp3) is 0.222. The van der Waals surface area contributed by atoms with Crippen LogP contribution in [0.1, 0.15) is 6.42 Å². The number of benzene rings is 1. The molecule has 0 aliphatic heterocycles. The molecule has 1 aromatic rings. The van der Waals surface area contributed by atoms with Crippen LogP contribution in [0.2, 0.25) is 0 Å². The Balaban J connectivity index is 2.53. The number of halogens is 1. The van der Waals surface area contributed by atoms with Crippen molar-refractivity contribution in [1.82, 2.24) is 0 Å². The molecule has 0 unspecified atom stereocenters. The number of hydrogen-bond acceptors (Lipinski definition) is 2. The molecule has 0 fully saturated rings. The molecule has 0 heterocycles. The molecule has 0 atom stereocenters. The SMILES string of the molecule is N#CCCOc1ccccc1Br. The Morgan fingerprint density at radius 1 is 1.42 bits per heavy atom. The lowest BCUT2D eigenvalue weighted by molar-refractivity contribution is 0.324. The number of ether oxygens (including phenoxy) is 1. The van der Waals surface area contributed by atoms with Gasteiger partial charge in [-0.15, -0.1) is 0 Å². The van der Waals surface area contributed by atoms with E-state index < -0.39 is 0 Å². The van der Waals surface area contributed by atoms with Gasteiger partial charge < -0.3 is 4.74 Å². The number of para-hydroxylation sites is 1. The van der Waals surface area contributed by atoms with E-state index in [1.807, 2.05) is 30.3 Å². The summed E-state index contributed by atoms with van der Waals surface area (Å²) < 4.78 is 6.23. The van der Waals surface area contributed by atoms with Crippen LogP contribution in [0.5, 0.6) is 5.75 Å². The fourth-order valence-corrected chi connectivity index (χ4v) is 1.17. The minimum absolute atomic E-state index is 0.418. The lowest BCUT2D eigenvalue weighted by Gasteiger charge is -2.04. The van der Waals surface area contributed by atoms with E-state index in [0.29, 0.717) is 13.0 Å². The van der Waals surface area contributed by atoms with Gasteiger partial charge in [0.1, 0.15) is 12.4 Å². The second-order valence-electron chi connectivity index (χ2n) is 2.19. The summed E-state index contributed by atoms with van der Waals surface area (Å²) in [6.45, 7) is 0.444. The molecule has 0 saturated heterocycles. The summed E-state index contributed by atoms with van der Waals surface area (Å²) in [5, 5.41) is 8.27. The average molecular weight is 226 g/mol. The van der Waals surface area contributed by atoms with Crippen molar-refractivity contribution in [3.8, 4) is 11.8 Å². The fourth-order valence-electron chi connectivity index (χ4n) is 0.768. The summed E-state index contributed by atoms with van der Waals surface area (Å²) in [5.74, 6) is 0.785. The molecule has 0 spiro atoms. The first-order chi connectivity index (χ1) is 5.84. The minimum Gasteiger partial charge on any atom is -0.491 e. The number of hydrogen-bond donors (Lipinski definition) is 0. The molecule has 0 aliphatic carbocycles. The van der Waals surface area contributed by atoms with E-state index in [0.717, 1.165) is 10.2 Å². The Morgan fingerprint density at radius 2 is 2.17 bits per heavy atom. The van der Waals surface area contributed by atoms with Gasteiger partial charge in [-0.05, 0) is 28.1 Å². The van der Waals surface area contributed by atoms with Gasteiger partial charge in [0.15, 0.2) is 0 Å². The van der Waals surface area contributed by atoms with E-state index in [-0.39, 0.29) is 0 Å². The molecule has 3 heteroatoms. The van der Waals surface area contributed by atoms with Gasteiger partial charge >= 0.3 is 0 Å². The maximum atomic E-state index is 8.27. The second kappa shape index (κ2) is 4.78. The quantitative estimate of drug-likeness (QED) is 0.742. The van der Waals surface area contributed by atoms with Gasteiger partial charge in [0.2, 0.25) is 0 Å². The molecule has 62 valence electrons. The Morgan fingerprint density at radius 3 is 2.83 bits per heavy atom. The van der Waals surface area contributed by atoms with Crippen LogP contribution in [0.15, 0.2) is 28.7 Å². The highest BCUT2D eigenvalue weighted by Crippen LogP contribution is 2.23. The molecule has 12 heavy (non-hydrogen) atoms. The van der Waals surface area contributed by atoms with Crippen molar-refractivity contribution in [2.75, 3.05) is 6.61 Å². The summed E-state index contributed by atoms with van der Waals surface area (Å²) in [4.78, 5) is 0. The number of nitrogens with zero attached hydrogens (tertiary/aromatic N) is 1. The third-order valence-corrected chi connectivity index (χ3v) is 1.96. The van der Waals surface area contributed by atoms with Gasteiger partial charge in [-0.25, -0.2) is 0 Å². The normalized spacial score (nSPS) is 9.00. The first kappa shape index (κ1) is 9.08. The van der Waals surface area contributed by atoms with Crippen molar-refractivity contribution < 1.29 is 4.74 Å². The van der Waals surface area contributed by atoms with Crippen molar-refractivity contribution in [1.29, 1.82) is 5.26 Å². The van der Waals surface area contributed by atoms with Crippen LogP contribution in [0.3, 0.4) is 0 Å². The van der Waals surface area contributed by atoms with E-state index in [2.05, 4.69) is 15.9 Å². The Bertz CT molecular complexity index is 293. The Labute approximate surface area is 79.9 Å². The molecule has 1 rings (SSSR count). The zero-order chi connectivity index (χ0) is 8.81. The van der Waals surface area contributed by atoms with E-state index >= 15 is 0 Å². The zero-order valence-corrected chi connectivity index (χ0v) is 8.04. The minimum atomic E-state index is 0.418. The molecule has 0 saturated carbocycles. The summed E-state index contributed by atoms with van der Waals surface area (Å²) in [6, 6.07) is 9.60. The summed E-state index contributed by atoms with van der Waals surface area (Å²) >= 11 is 3.34. The first-order valence-electron chi connectivity index (χ1n) is 3.59.